The molecule has 0 aliphatic carbocycles. The average Bonchev–Trinajstić information content (AvgIpc) is 3.01. The lowest BCUT2D eigenvalue weighted by atomic mass is 10.1. The molecule has 1 atom stereocenters. The molecule has 1 unspecified atom stereocenters. The molecule has 25 heavy (non-hydrogen) atoms. The van der Waals surface area contributed by atoms with Gasteiger partial charge in [-0.2, -0.15) is 0 Å². The lowest BCUT2D eigenvalue weighted by Gasteiger charge is -2.26. The number of hydrogen-bond acceptors (Lipinski definition) is 5. The lowest BCUT2D eigenvalue weighted by Crippen LogP contribution is -2.27. The van der Waals surface area contributed by atoms with Gasteiger partial charge in [0.25, 0.3) is 0 Å². The van der Waals surface area contributed by atoms with Crippen molar-refractivity contribution in [2.75, 3.05) is 27.1 Å². The third-order valence-corrected chi connectivity index (χ3v) is 5.40. The molecule has 0 aromatic heterocycles. The fourth-order valence-corrected chi connectivity index (χ4v) is 4.11. The number of methoxy groups -OCH3 is 3. The molecule has 1 fully saturated rings. The summed E-state index contributed by atoms with van der Waals surface area (Å²) in [5.74, 6) is 2.48. The van der Waals surface area contributed by atoms with Gasteiger partial charge in [-0.1, -0.05) is 30.3 Å². The van der Waals surface area contributed by atoms with Gasteiger partial charge >= 0.3 is 0 Å². The number of ether oxygens (including phenoxy) is 3. The highest BCUT2D eigenvalue weighted by Gasteiger charge is 2.35. The maximum atomic E-state index is 12.4. The maximum absolute atomic E-state index is 12.4. The van der Waals surface area contributed by atoms with E-state index in [2.05, 4.69) is 0 Å². The van der Waals surface area contributed by atoms with E-state index in [1.165, 1.54) is 0 Å². The second-order valence-electron chi connectivity index (χ2n) is 5.62. The first-order chi connectivity index (χ1) is 12.2. The number of thioether (sulfide) groups is 1. The van der Waals surface area contributed by atoms with Crippen LogP contribution in [0.2, 0.25) is 0 Å². The topological polar surface area (TPSA) is 48.0 Å². The van der Waals surface area contributed by atoms with Crippen LogP contribution in [0.1, 0.15) is 16.5 Å². The molecule has 1 aliphatic rings. The first-order valence-electron chi connectivity index (χ1n) is 7.92. The van der Waals surface area contributed by atoms with Crippen LogP contribution in [-0.2, 0) is 11.3 Å². The summed E-state index contributed by atoms with van der Waals surface area (Å²) in [4.78, 5) is 14.3. The molecule has 132 valence electrons. The normalized spacial score (nSPS) is 16.8. The van der Waals surface area contributed by atoms with E-state index >= 15 is 0 Å². The minimum absolute atomic E-state index is 0.121. The van der Waals surface area contributed by atoms with E-state index in [0.717, 1.165) is 11.1 Å². The Balaban J connectivity index is 1.97. The predicted molar refractivity (Wildman–Crippen MR) is 98.3 cm³/mol. The molecule has 3 rings (SSSR count). The number of benzene rings is 2. The number of nitrogens with zero attached hydrogens (tertiary/aromatic N) is 1. The second-order valence-corrected chi connectivity index (χ2v) is 6.69. The van der Waals surface area contributed by atoms with E-state index in [9.17, 15) is 4.79 Å². The van der Waals surface area contributed by atoms with Gasteiger partial charge < -0.3 is 19.1 Å². The largest absolute Gasteiger partial charge is 0.496 e. The third kappa shape index (κ3) is 3.54. The SMILES string of the molecule is COc1cc(OC)c(C2SCC(=O)N2Cc2ccccc2)cc1OC. The van der Waals surface area contributed by atoms with Gasteiger partial charge in [0.1, 0.15) is 11.1 Å². The van der Waals surface area contributed by atoms with Crippen molar-refractivity contribution in [3.63, 3.8) is 0 Å². The van der Waals surface area contributed by atoms with Gasteiger partial charge in [-0.3, -0.25) is 4.79 Å². The molecular formula is C19H21NO4S. The van der Waals surface area contributed by atoms with Crippen LogP contribution >= 0.6 is 11.8 Å². The Morgan fingerprint density at radius 3 is 2.28 bits per heavy atom. The van der Waals surface area contributed by atoms with Crippen LogP contribution in [0.5, 0.6) is 17.2 Å². The van der Waals surface area contributed by atoms with Crippen LogP contribution in [0.4, 0.5) is 0 Å². The smallest absolute Gasteiger partial charge is 0.234 e. The first-order valence-corrected chi connectivity index (χ1v) is 8.97. The maximum Gasteiger partial charge on any atom is 0.234 e. The van der Waals surface area contributed by atoms with Crippen LogP contribution in [0.25, 0.3) is 0 Å². The molecule has 0 radical (unpaired) electrons. The molecule has 0 saturated carbocycles. The van der Waals surface area contributed by atoms with Gasteiger partial charge in [-0.25, -0.2) is 0 Å². The predicted octanol–water partition coefficient (Wildman–Crippen LogP) is 3.49. The number of rotatable bonds is 6. The van der Waals surface area contributed by atoms with E-state index in [1.54, 1.807) is 39.2 Å². The molecular weight excluding hydrogens is 338 g/mol. The first kappa shape index (κ1) is 17.5. The van der Waals surface area contributed by atoms with Crippen LogP contribution in [0, 0.1) is 0 Å². The molecule has 5 nitrogen and oxygen atoms in total. The summed E-state index contributed by atoms with van der Waals surface area (Å²) in [5, 5.41) is -0.123. The van der Waals surface area contributed by atoms with E-state index in [0.29, 0.717) is 29.5 Å². The van der Waals surface area contributed by atoms with Gasteiger partial charge in [-0.05, 0) is 11.6 Å². The third-order valence-electron chi connectivity index (χ3n) is 4.17. The highest BCUT2D eigenvalue weighted by atomic mass is 32.2. The van der Waals surface area contributed by atoms with E-state index < -0.39 is 0 Å². The Bertz CT molecular complexity index is 751. The highest BCUT2D eigenvalue weighted by molar-refractivity contribution is 8.00. The van der Waals surface area contributed by atoms with Crippen molar-refractivity contribution in [3.8, 4) is 17.2 Å². The molecule has 2 aromatic carbocycles. The van der Waals surface area contributed by atoms with Gasteiger partial charge in [0.2, 0.25) is 5.91 Å². The Hall–Kier alpha value is -2.34. The molecule has 1 saturated heterocycles. The Kier molecular flexibility index (Phi) is 5.38. The van der Waals surface area contributed by atoms with E-state index in [1.807, 2.05) is 41.3 Å². The number of amides is 1. The standard InChI is InChI=1S/C19H21NO4S/c1-22-15-10-17(24-3)16(23-2)9-14(15)19-20(18(21)12-25-19)11-13-7-5-4-6-8-13/h4-10,19H,11-12H2,1-3H3. The number of carbonyl (C=O) groups excluding carboxylic acids is 1. The zero-order chi connectivity index (χ0) is 17.8. The molecule has 6 heteroatoms. The average molecular weight is 359 g/mol. The monoisotopic (exact) mass is 359 g/mol. The Morgan fingerprint density at radius 2 is 1.64 bits per heavy atom. The minimum Gasteiger partial charge on any atom is -0.496 e. The zero-order valence-electron chi connectivity index (χ0n) is 14.5. The number of hydrogen-bond donors (Lipinski definition) is 0. The summed E-state index contributed by atoms with van der Waals surface area (Å²) in [7, 11) is 4.81. The molecule has 2 aromatic rings. The van der Waals surface area contributed by atoms with Gasteiger partial charge in [0.15, 0.2) is 11.5 Å². The van der Waals surface area contributed by atoms with E-state index in [4.69, 9.17) is 14.2 Å². The van der Waals surface area contributed by atoms with E-state index in [-0.39, 0.29) is 11.3 Å². The summed E-state index contributed by atoms with van der Waals surface area (Å²) in [5.41, 5.74) is 2.01. The Morgan fingerprint density at radius 1 is 1.00 bits per heavy atom. The summed E-state index contributed by atoms with van der Waals surface area (Å²) in [6, 6.07) is 13.7. The van der Waals surface area contributed by atoms with Crippen molar-refractivity contribution >= 4 is 17.7 Å². The fraction of sp³-hybridized carbons (Fsp3) is 0.316. The lowest BCUT2D eigenvalue weighted by molar-refractivity contribution is -0.128. The van der Waals surface area contributed by atoms with Gasteiger partial charge in [0.05, 0.1) is 27.1 Å². The molecule has 0 spiro atoms. The van der Waals surface area contributed by atoms with Crippen molar-refractivity contribution in [1.82, 2.24) is 4.90 Å². The van der Waals surface area contributed by atoms with Crippen molar-refractivity contribution in [2.45, 2.75) is 11.9 Å². The quantitative estimate of drug-likeness (QED) is 0.790. The molecule has 0 N–H and O–H groups in total. The molecule has 1 heterocycles. The Labute approximate surface area is 151 Å². The summed E-state index contributed by atoms with van der Waals surface area (Å²) in [6.07, 6.45) is 0. The van der Waals surface area contributed by atoms with Crippen LogP contribution in [-0.4, -0.2) is 37.9 Å². The fourth-order valence-electron chi connectivity index (χ4n) is 2.91. The second kappa shape index (κ2) is 7.70. The van der Waals surface area contributed by atoms with Gasteiger partial charge in [-0.15, -0.1) is 11.8 Å². The van der Waals surface area contributed by atoms with Gasteiger partial charge in [0, 0.05) is 18.2 Å². The molecule has 0 bridgehead atoms. The zero-order valence-corrected chi connectivity index (χ0v) is 15.3. The molecule has 1 amide bonds. The summed E-state index contributed by atoms with van der Waals surface area (Å²) in [6.45, 7) is 0.564. The van der Waals surface area contributed by atoms with Crippen LogP contribution in [0.15, 0.2) is 42.5 Å². The van der Waals surface area contributed by atoms with Crippen molar-refractivity contribution in [2.24, 2.45) is 0 Å². The van der Waals surface area contributed by atoms with Crippen molar-refractivity contribution in [3.05, 3.63) is 53.6 Å². The summed E-state index contributed by atoms with van der Waals surface area (Å²) < 4.78 is 16.3. The number of carbonyl (C=O) groups is 1. The van der Waals surface area contributed by atoms with Crippen molar-refractivity contribution in [1.29, 1.82) is 0 Å². The van der Waals surface area contributed by atoms with Crippen LogP contribution < -0.4 is 14.2 Å². The van der Waals surface area contributed by atoms with Crippen molar-refractivity contribution < 1.29 is 19.0 Å². The highest BCUT2D eigenvalue weighted by Crippen LogP contribution is 2.46. The summed E-state index contributed by atoms with van der Waals surface area (Å²) >= 11 is 1.59. The minimum atomic E-state index is -0.123. The van der Waals surface area contributed by atoms with Crippen LogP contribution in [0.3, 0.4) is 0 Å². The molecule has 1 aliphatic heterocycles.